The van der Waals surface area contributed by atoms with Crippen LogP contribution in [0.5, 0.6) is 5.75 Å². The smallest absolute Gasteiger partial charge is 0.186 e. The molecule has 2 aromatic carbocycles. The zero-order valence-electron chi connectivity index (χ0n) is 11.1. The van der Waals surface area contributed by atoms with Crippen LogP contribution in [0.1, 0.15) is 5.56 Å². The molecule has 0 unspecified atom stereocenters. The fraction of sp³-hybridized carbons (Fsp3) is 0.143. The molecular formula is C14H13ClFNO3S. The molecule has 0 amide bonds. The monoisotopic (exact) mass is 329 g/mol. The molecule has 0 fully saturated rings. The SMILES string of the molecule is COc1cc(N)ccc1S(=O)(=O)Cc1cc(F)ccc1Cl. The third-order valence-electron chi connectivity index (χ3n) is 2.88. The molecule has 7 heteroatoms. The lowest BCUT2D eigenvalue weighted by atomic mass is 10.2. The molecule has 0 spiro atoms. The summed E-state index contributed by atoms with van der Waals surface area (Å²) in [6.07, 6.45) is 0. The molecule has 112 valence electrons. The molecule has 0 aromatic heterocycles. The van der Waals surface area contributed by atoms with Gasteiger partial charge in [0, 0.05) is 16.8 Å². The molecule has 2 N–H and O–H groups in total. The van der Waals surface area contributed by atoms with Gasteiger partial charge in [-0.2, -0.15) is 0 Å². The molecule has 0 radical (unpaired) electrons. The zero-order valence-corrected chi connectivity index (χ0v) is 12.7. The van der Waals surface area contributed by atoms with E-state index < -0.39 is 21.4 Å². The quantitative estimate of drug-likeness (QED) is 0.875. The first-order valence-corrected chi connectivity index (χ1v) is 7.96. The van der Waals surface area contributed by atoms with E-state index in [0.717, 1.165) is 6.07 Å². The summed E-state index contributed by atoms with van der Waals surface area (Å²) in [5.74, 6) is -0.833. The molecule has 0 heterocycles. The van der Waals surface area contributed by atoms with Gasteiger partial charge in [-0.1, -0.05) is 11.6 Å². The molecule has 0 aliphatic rings. The predicted molar refractivity (Wildman–Crippen MR) is 79.7 cm³/mol. The number of nitrogens with two attached hydrogens (primary N) is 1. The Morgan fingerprint density at radius 1 is 1.24 bits per heavy atom. The second kappa shape index (κ2) is 5.91. The molecule has 0 aliphatic carbocycles. The van der Waals surface area contributed by atoms with Crippen molar-refractivity contribution in [1.82, 2.24) is 0 Å². The normalized spacial score (nSPS) is 11.4. The molecule has 0 saturated carbocycles. The van der Waals surface area contributed by atoms with E-state index in [-0.39, 0.29) is 21.2 Å². The number of rotatable bonds is 4. The minimum atomic E-state index is -3.74. The van der Waals surface area contributed by atoms with Crippen LogP contribution < -0.4 is 10.5 Å². The highest BCUT2D eigenvalue weighted by molar-refractivity contribution is 7.90. The zero-order chi connectivity index (χ0) is 15.6. The molecule has 0 bridgehead atoms. The summed E-state index contributed by atoms with van der Waals surface area (Å²) in [6.45, 7) is 0. The molecular weight excluding hydrogens is 317 g/mol. The van der Waals surface area contributed by atoms with Crippen molar-refractivity contribution in [2.24, 2.45) is 0 Å². The number of halogens is 2. The maximum atomic E-state index is 13.2. The van der Waals surface area contributed by atoms with Crippen molar-refractivity contribution in [3.05, 3.63) is 52.8 Å². The van der Waals surface area contributed by atoms with E-state index in [1.165, 1.54) is 37.4 Å². The van der Waals surface area contributed by atoms with Crippen LogP contribution in [0.15, 0.2) is 41.3 Å². The van der Waals surface area contributed by atoms with E-state index in [2.05, 4.69) is 0 Å². The Kier molecular flexibility index (Phi) is 4.39. The summed E-state index contributed by atoms with van der Waals surface area (Å²) in [7, 11) is -2.39. The van der Waals surface area contributed by atoms with Crippen molar-refractivity contribution in [3.63, 3.8) is 0 Å². The standard InChI is InChI=1S/C14H13ClFNO3S/c1-20-13-7-11(17)3-5-14(13)21(18,19)8-9-6-10(16)2-4-12(9)15/h2-7H,8,17H2,1H3. The van der Waals surface area contributed by atoms with Crippen LogP contribution >= 0.6 is 11.6 Å². The van der Waals surface area contributed by atoms with E-state index in [0.29, 0.717) is 5.69 Å². The summed E-state index contributed by atoms with van der Waals surface area (Å²) >= 11 is 5.91. The molecule has 0 atom stereocenters. The van der Waals surface area contributed by atoms with Crippen molar-refractivity contribution >= 4 is 27.1 Å². The first kappa shape index (κ1) is 15.6. The van der Waals surface area contributed by atoms with E-state index in [4.69, 9.17) is 22.1 Å². The first-order valence-electron chi connectivity index (χ1n) is 5.93. The maximum Gasteiger partial charge on any atom is 0.186 e. The average molecular weight is 330 g/mol. The number of hydrogen-bond donors (Lipinski definition) is 1. The van der Waals surface area contributed by atoms with E-state index in [1.54, 1.807) is 0 Å². The summed E-state index contributed by atoms with van der Waals surface area (Å²) in [4.78, 5) is -0.0143. The molecule has 0 saturated heterocycles. The number of methoxy groups -OCH3 is 1. The molecule has 4 nitrogen and oxygen atoms in total. The number of ether oxygens (including phenoxy) is 1. The van der Waals surface area contributed by atoms with Crippen molar-refractivity contribution in [2.75, 3.05) is 12.8 Å². The lowest BCUT2D eigenvalue weighted by Crippen LogP contribution is -2.08. The van der Waals surface area contributed by atoms with Gasteiger partial charge in [-0.25, -0.2) is 12.8 Å². The van der Waals surface area contributed by atoms with E-state index in [9.17, 15) is 12.8 Å². The Bertz CT molecular complexity index is 778. The average Bonchev–Trinajstić information content (AvgIpc) is 2.42. The Labute approximate surface area is 127 Å². The highest BCUT2D eigenvalue weighted by Gasteiger charge is 2.22. The van der Waals surface area contributed by atoms with Crippen LogP contribution in [-0.4, -0.2) is 15.5 Å². The van der Waals surface area contributed by atoms with Crippen LogP contribution in [0.25, 0.3) is 0 Å². The van der Waals surface area contributed by atoms with Crippen LogP contribution in [-0.2, 0) is 15.6 Å². The topological polar surface area (TPSA) is 69.4 Å². The molecule has 2 aromatic rings. The second-order valence-electron chi connectivity index (χ2n) is 4.41. The lowest BCUT2D eigenvalue weighted by molar-refractivity contribution is 0.403. The fourth-order valence-electron chi connectivity index (χ4n) is 1.88. The Balaban J connectivity index is 2.46. The van der Waals surface area contributed by atoms with Crippen molar-refractivity contribution in [1.29, 1.82) is 0 Å². The van der Waals surface area contributed by atoms with Gasteiger partial charge < -0.3 is 10.5 Å². The highest BCUT2D eigenvalue weighted by Crippen LogP contribution is 2.30. The fourth-order valence-corrected chi connectivity index (χ4v) is 3.67. The minimum Gasteiger partial charge on any atom is -0.495 e. The largest absolute Gasteiger partial charge is 0.495 e. The van der Waals surface area contributed by atoms with Crippen molar-refractivity contribution in [3.8, 4) is 5.75 Å². The van der Waals surface area contributed by atoms with Gasteiger partial charge in [0.2, 0.25) is 0 Å². The summed E-state index contributed by atoms with van der Waals surface area (Å²) < 4.78 is 43.2. The van der Waals surface area contributed by atoms with Crippen LogP contribution in [0, 0.1) is 5.82 Å². The van der Waals surface area contributed by atoms with Crippen molar-refractivity contribution < 1.29 is 17.5 Å². The third kappa shape index (κ3) is 3.46. The van der Waals surface area contributed by atoms with E-state index in [1.807, 2.05) is 0 Å². The summed E-state index contributed by atoms with van der Waals surface area (Å²) in [5.41, 5.74) is 6.17. The number of sulfone groups is 1. The lowest BCUT2D eigenvalue weighted by Gasteiger charge is -2.11. The second-order valence-corrected chi connectivity index (χ2v) is 6.77. The van der Waals surface area contributed by atoms with Crippen LogP contribution in [0.3, 0.4) is 0 Å². The number of anilines is 1. The van der Waals surface area contributed by atoms with Gasteiger partial charge in [-0.3, -0.25) is 0 Å². The summed E-state index contributed by atoms with van der Waals surface area (Å²) in [5, 5.41) is 0.189. The van der Waals surface area contributed by atoms with Gasteiger partial charge in [0.1, 0.15) is 16.5 Å². The molecule has 2 rings (SSSR count). The Morgan fingerprint density at radius 3 is 2.62 bits per heavy atom. The highest BCUT2D eigenvalue weighted by atomic mass is 35.5. The van der Waals surface area contributed by atoms with Gasteiger partial charge >= 0.3 is 0 Å². The Morgan fingerprint density at radius 2 is 1.95 bits per heavy atom. The predicted octanol–water partition coefficient (Wildman–Crippen LogP) is 3.04. The number of benzene rings is 2. The Hall–Kier alpha value is -1.79. The minimum absolute atomic E-state index is 0.0143. The van der Waals surface area contributed by atoms with Gasteiger partial charge in [0.25, 0.3) is 0 Å². The number of hydrogen-bond acceptors (Lipinski definition) is 4. The third-order valence-corrected chi connectivity index (χ3v) is 4.94. The van der Waals surface area contributed by atoms with E-state index >= 15 is 0 Å². The maximum absolute atomic E-state index is 13.2. The van der Waals surface area contributed by atoms with Gasteiger partial charge in [-0.05, 0) is 35.9 Å². The first-order chi connectivity index (χ1) is 9.83. The number of nitrogen functional groups attached to an aromatic ring is 1. The molecule has 0 aliphatic heterocycles. The van der Waals surface area contributed by atoms with Gasteiger partial charge in [0.05, 0.1) is 12.9 Å². The van der Waals surface area contributed by atoms with Crippen LogP contribution in [0.4, 0.5) is 10.1 Å². The van der Waals surface area contributed by atoms with Gasteiger partial charge in [-0.15, -0.1) is 0 Å². The molecule has 21 heavy (non-hydrogen) atoms. The van der Waals surface area contributed by atoms with Crippen molar-refractivity contribution in [2.45, 2.75) is 10.6 Å². The summed E-state index contributed by atoms with van der Waals surface area (Å²) in [6, 6.07) is 7.83. The van der Waals surface area contributed by atoms with Gasteiger partial charge in [0.15, 0.2) is 9.84 Å². The van der Waals surface area contributed by atoms with Crippen LogP contribution in [0.2, 0.25) is 5.02 Å².